The predicted octanol–water partition coefficient (Wildman–Crippen LogP) is 0.794. The van der Waals surface area contributed by atoms with E-state index in [0.29, 0.717) is 5.82 Å². The number of nitrogens with zero attached hydrogens (tertiary/aromatic N) is 5. The molecule has 0 atom stereocenters. The molecule has 9 heteroatoms. The highest BCUT2D eigenvalue weighted by atomic mass is 19.4. The van der Waals surface area contributed by atoms with E-state index in [-0.39, 0.29) is 18.0 Å². The standard InChI is InChI=1S/C10H12F3N5O/c1-7-15-16-9-8(14-2-3-18(7)9)17(4-5-19)6-10(11,12)13/h2-3,19H,4-6H2,1H3. The van der Waals surface area contributed by atoms with Crippen molar-refractivity contribution in [3.63, 3.8) is 0 Å². The number of fused-ring (bicyclic) bond motifs is 1. The molecule has 1 N–H and O–H groups in total. The van der Waals surface area contributed by atoms with E-state index in [1.165, 1.54) is 6.20 Å². The Labute approximate surface area is 106 Å². The highest BCUT2D eigenvalue weighted by Crippen LogP contribution is 2.23. The van der Waals surface area contributed by atoms with Gasteiger partial charge in [0, 0.05) is 18.9 Å². The number of aryl methyl sites for hydroxylation is 1. The van der Waals surface area contributed by atoms with Crippen LogP contribution in [0.1, 0.15) is 5.82 Å². The maximum absolute atomic E-state index is 12.5. The van der Waals surface area contributed by atoms with E-state index in [9.17, 15) is 13.2 Å². The average Bonchev–Trinajstić information content (AvgIpc) is 2.69. The maximum atomic E-state index is 12.5. The van der Waals surface area contributed by atoms with Gasteiger partial charge in [0.05, 0.1) is 6.61 Å². The first-order valence-electron chi connectivity index (χ1n) is 5.51. The minimum atomic E-state index is -4.39. The molecule has 0 fully saturated rings. The molecule has 0 saturated heterocycles. The lowest BCUT2D eigenvalue weighted by Crippen LogP contribution is -2.37. The molecule has 2 aromatic rings. The molecule has 104 valence electrons. The van der Waals surface area contributed by atoms with E-state index in [1.807, 2.05) is 0 Å². The van der Waals surface area contributed by atoms with E-state index in [4.69, 9.17) is 5.11 Å². The smallest absolute Gasteiger partial charge is 0.395 e. The molecule has 0 aliphatic heterocycles. The van der Waals surface area contributed by atoms with E-state index < -0.39 is 19.3 Å². The second-order valence-electron chi connectivity index (χ2n) is 3.95. The molecule has 2 aromatic heterocycles. The van der Waals surface area contributed by atoms with Crippen molar-refractivity contribution in [2.45, 2.75) is 13.1 Å². The number of aliphatic hydroxyl groups excluding tert-OH is 1. The lowest BCUT2D eigenvalue weighted by atomic mass is 10.4. The summed E-state index contributed by atoms with van der Waals surface area (Å²) in [5, 5.41) is 16.5. The summed E-state index contributed by atoms with van der Waals surface area (Å²) in [6.07, 6.45) is -1.45. The van der Waals surface area contributed by atoms with Crippen LogP contribution in [0.25, 0.3) is 5.65 Å². The lowest BCUT2D eigenvalue weighted by molar-refractivity contribution is -0.119. The van der Waals surface area contributed by atoms with Crippen molar-refractivity contribution in [2.24, 2.45) is 0 Å². The summed E-state index contributed by atoms with van der Waals surface area (Å²) in [5.41, 5.74) is 0.234. The maximum Gasteiger partial charge on any atom is 0.405 e. The van der Waals surface area contributed by atoms with E-state index >= 15 is 0 Å². The van der Waals surface area contributed by atoms with Crippen molar-refractivity contribution < 1.29 is 18.3 Å². The summed E-state index contributed by atoms with van der Waals surface area (Å²) in [5.74, 6) is 0.601. The molecule has 0 unspecified atom stereocenters. The van der Waals surface area contributed by atoms with Gasteiger partial charge < -0.3 is 10.0 Å². The van der Waals surface area contributed by atoms with Gasteiger partial charge >= 0.3 is 6.18 Å². The number of aliphatic hydroxyl groups is 1. The summed E-state index contributed by atoms with van der Waals surface area (Å²) in [7, 11) is 0. The zero-order valence-electron chi connectivity index (χ0n) is 10.1. The van der Waals surface area contributed by atoms with Gasteiger partial charge in [0.2, 0.25) is 5.65 Å². The van der Waals surface area contributed by atoms with Crippen LogP contribution in [-0.4, -0.2) is 50.6 Å². The predicted molar refractivity (Wildman–Crippen MR) is 60.9 cm³/mol. The molecule has 0 aliphatic carbocycles. The van der Waals surface area contributed by atoms with Crippen LogP contribution in [0, 0.1) is 6.92 Å². The van der Waals surface area contributed by atoms with Gasteiger partial charge in [0.15, 0.2) is 5.82 Å². The van der Waals surface area contributed by atoms with Gasteiger partial charge in [-0.2, -0.15) is 13.2 Å². The molecule has 0 bridgehead atoms. The summed E-state index contributed by atoms with van der Waals surface area (Å²) in [6.45, 7) is -0.111. The lowest BCUT2D eigenvalue weighted by Gasteiger charge is -2.23. The van der Waals surface area contributed by atoms with Crippen LogP contribution in [0.4, 0.5) is 19.0 Å². The largest absolute Gasteiger partial charge is 0.405 e. The Balaban J connectivity index is 2.44. The van der Waals surface area contributed by atoms with Crippen molar-refractivity contribution in [2.75, 3.05) is 24.6 Å². The van der Waals surface area contributed by atoms with Crippen molar-refractivity contribution in [3.8, 4) is 0 Å². The Kier molecular flexibility index (Phi) is 3.56. The number of aromatic nitrogens is 4. The van der Waals surface area contributed by atoms with Crippen LogP contribution in [-0.2, 0) is 0 Å². The van der Waals surface area contributed by atoms with E-state index in [2.05, 4.69) is 15.2 Å². The first-order valence-corrected chi connectivity index (χ1v) is 5.51. The molecule has 19 heavy (non-hydrogen) atoms. The topological polar surface area (TPSA) is 66.5 Å². The number of halogens is 3. The van der Waals surface area contributed by atoms with Gasteiger partial charge in [-0.3, -0.25) is 4.40 Å². The molecule has 0 aliphatic rings. The van der Waals surface area contributed by atoms with Gasteiger partial charge in [0.25, 0.3) is 0 Å². The summed E-state index contributed by atoms with van der Waals surface area (Å²) in [6, 6.07) is 0. The Morgan fingerprint density at radius 3 is 2.74 bits per heavy atom. The number of alkyl halides is 3. The van der Waals surface area contributed by atoms with Crippen LogP contribution in [0.3, 0.4) is 0 Å². The van der Waals surface area contributed by atoms with Gasteiger partial charge in [-0.15, -0.1) is 10.2 Å². The van der Waals surface area contributed by atoms with Crippen LogP contribution < -0.4 is 4.90 Å². The van der Waals surface area contributed by atoms with Crippen molar-refractivity contribution in [1.29, 1.82) is 0 Å². The second-order valence-corrected chi connectivity index (χ2v) is 3.95. The van der Waals surface area contributed by atoms with Crippen molar-refractivity contribution in [1.82, 2.24) is 19.6 Å². The van der Waals surface area contributed by atoms with Crippen LogP contribution >= 0.6 is 0 Å². The quantitative estimate of drug-likeness (QED) is 0.893. The molecular formula is C10H12F3N5O. The number of anilines is 1. The fourth-order valence-corrected chi connectivity index (χ4v) is 1.75. The normalized spacial score (nSPS) is 12.1. The highest BCUT2D eigenvalue weighted by Gasteiger charge is 2.32. The third-order valence-corrected chi connectivity index (χ3v) is 2.52. The zero-order valence-corrected chi connectivity index (χ0v) is 10.1. The number of hydrogen-bond acceptors (Lipinski definition) is 5. The summed E-state index contributed by atoms with van der Waals surface area (Å²) < 4.78 is 39.1. The third kappa shape index (κ3) is 2.92. The Morgan fingerprint density at radius 2 is 2.11 bits per heavy atom. The average molecular weight is 275 g/mol. The molecule has 2 rings (SSSR count). The second kappa shape index (κ2) is 5.00. The fourth-order valence-electron chi connectivity index (χ4n) is 1.75. The Bertz CT molecular complexity index is 568. The minimum absolute atomic E-state index is 0.0504. The van der Waals surface area contributed by atoms with Crippen molar-refractivity contribution >= 4 is 11.5 Å². The van der Waals surface area contributed by atoms with Gasteiger partial charge in [0.1, 0.15) is 12.4 Å². The molecule has 0 aromatic carbocycles. The van der Waals surface area contributed by atoms with Gasteiger partial charge in [-0.05, 0) is 6.92 Å². The highest BCUT2D eigenvalue weighted by molar-refractivity contribution is 5.63. The van der Waals surface area contributed by atoms with Crippen LogP contribution in [0.2, 0.25) is 0 Å². The van der Waals surface area contributed by atoms with Crippen LogP contribution in [0.15, 0.2) is 12.4 Å². The molecule has 2 heterocycles. The Morgan fingerprint density at radius 1 is 1.37 bits per heavy atom. The third-order valence-electron chi connectivity index (χ3n) is 2.52. The SMILES string of the molecule is Cc1nnc2c(N(CCO)CC(F)(F)F)nccn12. The van der Waals surface area contributed by atoms with Gasteiger partial charge in [-0.1, -0.05) is 0 Å². The van der Waals surface area contributed by atoms with Crippen molar-refractivity contribution in [3.05, 3.63) is 18.2 Å². The fraction of sp³-hybridized carbons (Fsp3) is 0.500. The monoisotopic (exact) mass is 275 g/mol. The molecule has 6 nitrogen and oxygen atoms in total. The summed E-state index contributed by atoms with van der Waals surface area (Å²) >= 11 is 0. The molecule has 0 spiro atoms. The number of rotatable bonds is 4. The van der Waals surface area contributed by atoms with E-state index in [1.54, 1.807) is 17.5 Å². The first-order chi connectivity index (χ1) is 8.92. The van der Waals surface area contributed by atoms with E-state index in [0.717, 1.165) is 4.90 Å². The Hall–Kier alpha value is -1.90. The number of hydrogen-bond donors (Lipinski definition) is 1. The zero-order chi connectivity index (χ0) is 14.0. The first kappa shape index (κ1) is 13.5. The van der Waals surface area contributed by atoms with Crippen LogP contribution in [0.5, 0.6) is 0 Å². The summed E-state index contributed by atoms with van der Waals surface area (Å²) in [4.78, 5) is 4.85. The molecule has 0 amide bonds. The molecule has 0 radical (unpaired) electrons. The van der Waals surface area contributed by atoms with Gasteiger partial charge in [-0.25, -0.2) is 4.98 Å². The molecule has 0 saturated carbocycles. The molecular weight excluding hydrogens is 263 g/mol. The minimum Gasteiger partial charge on any atom is -0.395 e.